The minimum Gasteiger partial charge on any atom is -0.478 e. The van der Waals surface area contributed by atoms with E-state index in [1.165, 1.54) is 16.8 Å². The maximum atomic E-state index is 10.9. The lowest BCUT2D eigenvalue weighted by Crippen LogP contribution is -2.16. The number of anilines is 1. The molecule has 2 aromatic heterocycles. The topological polar surface area (TPSA) is 71.2 Å². The molecule has 1 aromatic carbocycles. The van der Waals surface area contributed by atoms with E-state index in [1.807, 2.05) is 13.8 Å². The van der Waals surface area contributed by atoms with Crippen LogP contribution in [-0.4, -0.2) is 32.9 Å². The monoisotopic (exact) mass is 356 g/mol. The summed E-state index contributed by atoms with van der Waals surface area (Å²) in [5.41, 5.74) is 3.56. The number of aromatic nitrogens is 3. The molecule has 0 amide bonds. The lowest BCUT2D eigenvalue weighted by molar-refractivity contribution is 0.0697. The third-order valence-corrected chi connectivity index (χ3v) is 5.08. The maximum absolute atomic E-state index is 10.9. The van der Waals surface area contributed by atoms with Crippen LogP contribution in [0.3, 0.4) is 0 Å². The molecule has 0 aliphatic carbocycles. The minimum atomic E-state index is -0.960. The number of nitrogens with zero attached hydrogens (tertiary/aromatic N) is 4. The summed E-state index contributed by atoms with van der Waals surface area (Å²) in [5.74, 6) is -0.960. The molecule has 6 nitrogen and oxygen atoms in total. The molecule has 0 saturated carbocycles. The van der Waals surface area contributed by atoms with E-state index < -0.39 is 5.97 Å². The predicted molar refractivity (Wildman–Crippen MR) is 98.4 cm³/mol. The Morgan fingerprint density at radius 3 is 2.48 bits per heavy atom. The minimum absolute atomic E-state index is 0.202. The van der Waals surface area contributed by atoms with E-state index in [1.54, 1.807) is 22.2 Å². The molecule has 3 rings (SSSR count). The van der Waals surface area contributed by atoms with E-state index in [2.05, 4.69) is 46.3 Å². The summed E-state index contributed by atoms with van der Waals surface area (Å²) >= 11 is 1.71. The van der Waals surface area contributed by atoms with Gasteiger partial charge in [-0.15, -0.1) is 11.3 Å². The number of aromatic carboxylic acids is 1. The molecule has 130 valence electrons. The molecular weight excluding hydrogens is 336 g/mol. The number of carboxylic acids is 1. The van der Waals surface area contributed by atoms with Gasteiger partial charge in [0, 0.05) is 19.8 Å². The van der Waals surface area contributed by atoms with E-state index >= 15 is 0 Å². The van der Waals surface area contributed by atoms with Gasteiger partial charge < -0.3 is 10.0 Å². The molecule has 0 spiro atoms. The van der Waals surface area contributed by atoms with Crippen molar-refractivity contribution < 1.29 is 9.90 Å². The first-order valence-corrected chi connectivity index (χ1v) is 8.73. The van der Waals surface area contributed by atoms with Crippen LogP contribution in [0.15, 0.2) is 36.7 Å². The van der Waals surface area contributed by atoms with Crippen molar-refractivity contribution in [2.24, 2.45) is 0 Å². The largest absolute Gasteiger partial charge is 0.478 e. The van der Waals surface area contributed by atoms with Crippen LogP contribution in [0.1, 0.15) is 32.2 Å². The van der Waals surface area contributed by atoms with E-state index in [0.717, 1.165) is 22.8 Å². The Morgan fingerprint density at radius 1 is 1.24 bits per heavy atom. The molecule has 0 saturated heterocycles. The molecule has 0 aliphatic heterocycles. The highest BCUT2D eigenvalue weighted by atomic mass is 32.1. The van der Waals surface area contributed by atoms with Crippen LogP contribution in [-0.2, 0) is 13.1 Å². The van der Waals surface area contributed by atoms with Crippen molar-refractivity contribution in [2.45, 2.75) is 26.9 Å². The molecule has 0 aliphatic rings. The Kier molecular flexibility index (Phi) is 4.85. The van der Waals surface area contributed by atoms with Crippen molar-refractivity contribution in [1.29, 1.82) is 0 Å². The standard InChI is InChI=1S/C18H20N4O2S/c1-12-17(25-13(2)20-12)21(3)9-14-4-6-15(7-5-14)10-22-11-16(8-19-22)18(23)24/h4-8,11H,9-10H2,1-3H3,(H,23,24). The van der Waals surface area contributed by atoms with Crippen LogP contribution in [0, 0.1) is 13.8 Å². The van der Waals surface area contributed by atoms with Gasteiger partial charge in [0.2, 0.25) is 0 Å². The fourth-order valence-electron chi connectivity index (χ4n) is 2.72. The van der Waals surface area contributed by atoms with Crippen molar-refractivity contribution in [2.75, 3.05) is 11.9 Å². The van der Waals surface area contributed by atoms with Gasteiger partial charge in [0.1, 0.15) is 5.00 Å². The lowest BCUT2D eigenvalue weighted by atomic mass is 10.1. The zero-order valence-electron chi connectivity index (χ0n) is 14.4. The van der Waals surface area contributed by atoms with Crippen molar-refractivity contribution in [3.63, 3.8) is 0 Å². The molecule has 25 heavy (non-hydrogen) atoms. The van der Waals surface area contributed by atoms with Gasteiger partial charge >= 0.3 is 5.97 Å². The Bertz CT molecular complexity index is 883. The van der Waals surface area contributed by atoms with Crippen LogP contribution in [0.5, 0.6) is 0 Å². The Labute approximate surface area is 150 Å². The summed E-state index contributed by atoms with van der Waals surface area (Å²) in [5, 5.41) is 15.3. The van der Waals surface area contributed by atoms with Gasteiger partial charge in [-0.2, -0.15) is 5.10 Å². The fourth-order valence-corrected chi connectivity index (χ4v) is 3.59. The maximum Gasteiger partial charge on any atom is 0.338 e. The molecule has 3 aromatic rings. The first-order valence-electron chi connectivity index (χ1n) is 7.91. The average molecular weight is 356 g/mol. The Hall–Kier alpha value is -2.67. The highest BCUT2D eigenvalue weighted by Gasteiger charge is 2.10. The molecule has 0 radical (unpaired) electrons. The highest BCUT2D eigenvalue weighted by Crippen LogP contribution is 2.27. The second-order valence-corrected chi connectivity index (χ2v) is 7.21. The molecule has 7 heteroatoms. The van der Waals surface area contributed by atoms with Gasteiger partial charge in [-0.1, -0.05) is 24.3 Å². The highest BCUT2D eigenvalue weighted by molar-refractivity contribution is 7.15. The van der Waals surface area contributed by atoms with E-state index in [9.17, 15) is 4.79 Å². The molecule has 2 heterocycles. The first-order chi connectivity index (χ1) is 11.9. The number of benzene rings is 1. The second kappa shape index (κ2) is 7.06. The summed E-state index contributed by atoms with van der Waals surface area (Å²) in [6.07, 6.45) is 2.91. The van der Waals surface area contributed by atoms with Gasteiger partial charge in [0.25, 0.3) is 0 Å². The number of hydrogen-bond acceptors (Lipinski definition) is 5. The van der Waals surface area contributed by atoms with Crippen LogP contribution in [0.25, 0.3) is 0 Å². The summed E-state index contributed by atoms with van der Waals surface area (Å²) in [6, 6.07) is 8.29. The fraction of sp³-hybridized carbons (Fsp3) is 0.278. The second-order valence-electron chi connectivity index (χ2n) is 6.03. The number of thiazole rings is 1. The van der Waals surface area contributed by atoms with Crippen LogP contribution in [0.4, 0.5) is 5.00 Å². The van der Waals surface area contributed by atoms with Gasteiger partial charge in [-0.05, 0) is 25.0 Å². The number of hydrogen-bond donors (Lipinski definition) is 1. The molecule has 0 unspecified atom stereocenters. The molecular formula is C18H20N4O2S. The third-order valence-electron chi connectivity index (χ3n) is 3.89. The van der Waals surface area contributed by atoms with Gasteiger partial charge in [0.15, 0.2) is 0 Å². The van der Waals surface area contributed by atoms with Crippen molar-refractivity contribution in [1.82, 2.24) is 14.8 Å². The number of rotatable bonds is 6. The zero-order chi connectivity index (χ0) is 18.0. The Balaban J connectivity index is 1.65. The smallest absolute Gasteiger partial charge is 0.338 e. The number of carbonyl (C=O) groups is 1. The van der Waals surface area contributed by atoms with E-state index in [0.29, 0.717) is 6.54 Å². The van der Waals surface area contributed by atoms with Gasteiger partial charge in [0.05, 0.1) is 29.0 Å². The molecule has 0 atom stereocenters. The first kappa shape index (κ1) is 17.2. The van der Waals surface area contributed by atoms with Crippen LogP contribution < -0.4 is 4.90 Å². The quantitative estimate of drug-likeness (QED) is 0.733. The van der Waals surface area contributed by atoms with Crippen molar-refractivity contribution in [3.8, 4) is 0 Å². The normalized spacial score (nSPS) is 10.8. The van der Waals surface area contributed by atoms with E-state index in [-0.39, 0.29) is 5.56 Å². The third kappa shape index (κ3) is 4.06. The summed E-state index contributed by atoms with van der Waals surface area (Å²) in [7, 11) is 2.07. The predicted octanol–water partition coefficient (Wildman–Crippen LogP) is 3.34. The molecule has 0 bridgehead atoms. The van der Waals surface area contributed by atoms with Crippen LogP contribution >= 0.6 is 11.3 Å². The number of carboxylic acid groups (broad SMARTS) is 1. The SMILES string of the molecule is Cc1nc(C)c(N(C)Cc2ccc(Cn3cc(C(=O)O)cn3)cc2)s1. The summed E-state index contributed by atoms with van der Waals surface area (Å²) in [4.78, 5) is 17.6. The Morgan fingerprint density at radius 2 is 1.92 bits per heavy atom. The number of aryl methyl sites for hydroxylation is 2. The lowest BCUT2D eigenvalue weighted by Gasteiger charge is -2.18. The average Bonchev–Trinajstić information content (AvgIpc) is 3.15. The van der Waals surface area contributed by atoms with Gasteiger partial charge in [-0.3, -0.25) is 4.68 Å². The van der Waals surface area contributed by atoms with Crippen LogP contribution in [0.2, 0.25) is 0 Å². The summed E-state index contributed by atoms with van der Waals surface area (Å²) < 4.78 is 1.63. The molecule has 1 N–H and O–H groups in total. The van der Waals surface area contributed by atoms with Gasteiger partial charge in [-0.25, -0.2) is 9.78 Å². The molecule has 0 fully saturated rings. The van der Waals surface area contributed by atoms with Crippen molar-refractivity contribution >= 4 is 22.3 Å². The summed E-state index contributed by atoms with van der Waals surface area (Å²) in [6.45, 7) is 5.42. The zero-order valence-corrected chi connectivity index (χ0v) is 15.2. The van der Waals surface area contributed by atoms with E-state index in [4.69, 9.17) is 5.11 Å². The van der Waals surface area contributed by atoms with Crippen molar-refractivity contribution in [3.05, 3.63) is 64.1 Å².